The van der Waals surface area contributed by atoms with Crippen LogP contribution in [0.4, 0.5) is 0 Å². The Morgan fingerprint density at radius 3 is 2.29 bits per heavy atom. The van der Waals surface area contributed by atoms with Gasteiger partial charge in [-0.25, -0.2) is 0 Å². The van der Waals surface area contributed by atoms with E-state index in [1.165, 1.54) is 11.1 Å². The second-order valence-electron chi connectivity index (χ2n) is 4.16. The van der Waals surface area contributed by atoms with E-state index in [0.717, 1.165) is 30.0 Å². The van der Waals surface area contributed by atoms with Crippen molar-refractivity contribution in [1.82, 2.24) is 10.2 Å². The predicted molar refractivity (Wildman–Crippen MR) is 74.3 cm³/mol. The van der Waals surface area contributed by atoms with Gasteiger partial charge in [-0.3, -0.25) is 0 Å². The predicted octanol–water partition coefficient (Wildman–Crippen LogP) is 2.95. The van der Waals surface area contributed by atoms with Crippen molar-refractivity contribution in [3.63, 3.8) is 0 Å². The Labute approximate surface area is 109 Å². The van der Waals surface area contributed by atoms with Gasteiger partial charge in [0.25, 0.3) is 0 Å². The number of thioether (sulfide) groups is 1. The van der Waals surface area contributed by atoms with E-state index >= 15 is 0 Å². The number of aryl methyl sites for hydroxylation is 1. The zero-order chi connectivity index (χ0) is 12.8. The molecule has 1 rings (SSSR count). The van der Waals surface area contributed by atoms with Crippen molar-refractivity contribution >= 4 is 11.8 Å². The molecule has 0 saturated heterocycles. The molecule has 1 heterocycles. The maximum Gasteiger partial charge on any atom is 0.124 e. The van der Waals surface area contributed by atoms with E-state index in [1.54, 1.807) is 11.8 Å². The van der Waals surface area contributed by atoms with Crippen molar-refractivity contribution in [2.24, 2.45) is 5.73 Å². The minimum atomic E-state index is 0.560. The summed E-state index contributed by atoms with van der Waals surface area (Å²) in [6.07, 6.45) is 3.05. The average Bonchev–Trinajstić information content (AvgIpc) is 2.37. The third-order valence-electron chi connectivity index (χ3n) is 3.01. The Balaban J connectivity index is 3.14. The van der Waals surface area contributed by atoms with Crippen molar-refractivity contribution in [2.45, 2.75) is 63.8 Å². The summed E-state index contributed by atoms with van der Waals surface area (Å²) in [7, 11) is 0. The number of rotatable bonds is 6. The fraction of sp³-hybridized carbons (Fsp3) is 0.692. The Morgan fingerprint density at radius 2 is 1.82 bits per heavy atom. The molecule has 96 valence electrons. The SMILES string of the molecule is CCc1nnc(SC(C)CC)c(CN)c1CC. The standard InChI is InChI=1S/C13H23N3S/c1-5-9(4)17-13-11(8-14)10(6-2)12(7-3)15-16-13/h9H,5-8,14H2,1-4H3. The van der Waals surface area contributed by atoms with E-state index in [4.69, 9.17) is 5.73 Å². The Hall–Kier alpha value is -0.610. The van der Waals surface area contributed by atoms with E-state index in [0.29, 0.717) is 11.8 Å². The third-order valence-corrected chi connectivity index (χ3v) is 4.30. The Bertz CT molecular complexity index is 366. The fourth-order valence-electron chi connectivity index (χ4n) is 1.81. The van der Waals surface area contributed by atoms with Crippen LogP contribution in [-0.2, 0) is 19.4 Å². The maximum atomic E-state index is 5.89. The Kier molecular flexibility index (Phi) is 5.92. The van der Waals surface area contributed by atoms with Crippen molar-refractivity contribution in [3.8, 4) is 0 Å². The number of hydrogen-bond acceptors (Lipinski definition) is 4. The molecule has 3 nitrogen and oxygen atoms in total. The third kappa shape index (κ3) is 3.42. The lowest BCUT2D eigenvalue weighted by atomic mass is 10.0. The molecule has 0 radical (unpaired) electrons. The maximum absolute atomic E-state index is 5.89. The van der Waals surface area contributed by atoms with Crippen LogP contribution in [-0.4, -0.2) is 15.4 Å². The fourth-order valence-corrected chi connectivity index (χ4v) is 2.79. The van der Waals surface area contributed by atoms with Gasteiger partial charge in [0.05, 0.1) is 5.69 Å². The number of hydrogen-bond donors (Lipinski definition) is 1. The van der Waals surface area contributed by atoms with Crippen molar-refractivity contribution in [3.05, 3.63) is 16.8 Å². The molecule has 0 aromatic carbocycles. The van der Waals surface area contributed by atoms with Crippen LogP contribution in [0.5, 0.6) is 0 Å². The van der Waals surface area contributed by atoms with Gasteiger partial charge in [-0.2, -0.15) is 5.10 Å². The summed E-state index contributed by atoms with van der Waals surface area (Å²) in [5, 5.41) is 10.3. The summed E-state index contributed by atoms with van der Waals surface area (Å²) in [6.45, 7) is 9.24. The molecule has 0 aliphatic carbocycles. The van der Waals surface area contributed by atoms with Gasteiger partial charge in [-0.15, -0.1) is 16.9 Å². The van der Waals surface area contributed by atoms with Crippen LogP contribution in [0.15, 0.2) is 5.03 Å². The first kappa shape index (κ1) is 14.5. The smallest absolute Gasteiger partial charge is 0.124 e. The molecule has 4 heteroatoms. The van der Waals surface area contributed by atoms with Gasteiger partial charge in [-0.1, -0.05) is 27.7 Å². The van der Waals surface area contributed by atoms with E-state index in [1.807, 2.05) is 0 Å². The molecule has 0 aliphatic rings. The minimum absolute atomic E-state index is 0.560. The molecule has 0 saturated carbocycles. The lowest BCUT2D eigenvalue weighted by molar-refractivity contribution is 0.777. The highest BCUT2D eigenvalue weighted by Crippen LogP contribution is 2.29. The van der Waals surface area contributed by atoms with Gasteiger partial charge in [0.2, 0.25) is 0 Å². The van der Waals surface area contributed by atoms with Gasteiger partial charge in [0.15, 0.2) is 0 Å². The summed E-state index contributed by atoms with van der Waals surface area (Å²) in [6, 6.07) is 0. The normalized spacial score (nSPS) is 12.8. The summed E-state index contributed by atoms with van der Waals surface area (Å²) in [5.41, 5.74) is 9.49. The Morgan fingerprint density at radius 1 is 1.12 bits per heavy atom. The van der Waals surface area contributed by atoms with Crippen LogP contribution in [0, 0.1) is 0 Å². The monoisotopic (exact) mass is 253 g/mol. The van der Waals surface area contributed by atoms with Gasteiger partial charge in [0.1, 0.15) is 5.03 Å². The van der Waals surface area contributed by atoms with Gasteiger partial charge < -0.3 is 5.73 Å². The quantitative estimate of drug-likeness (QED) is 0.792. The lowest BCUT2D eigenvalue weighted by Crippen LogP contribution is -2.11. The molecule has 0 bridgehead atoms. The van der Waals surface area contributed by atoms with E-state index in [-0.39, 0.29) is 0 Å². The molecule has 1 unspecified atom stereocenters. The average molecular weight is 253 g/mol. The second kappa shape index (κ2) is 6.97. The zero-order valence-electron chi connectivity index (χ0n) is 11.3. The zero-order valence-corrected chi connectivity index (χ0v) is 12.1. The summed E-state index contributed by atoms with van der Waals surface area (Å²) in [5.74, 6) is 0. The first-order valence-electron chi connectivity index (χ1n) is 6.41. The van der Waals surface area contributed by atoms with E-state index in [9.17, 15) is 0 Å². The molecule has 2 N–H and O–H groups in total. The molecular formula is C13H23N3S. The van der Waals surface area contributed by atoms with Crippen molar-refractivity contribution < 1.29 is 0 Å². The molecule has 1 aromatic heterocycles. The molecule has 17 heavy (non-hydrogen) atoms. The lowest BCUT2D eigenvalue weighted by Gasteiger charge is -2.15. The second-order valence-corrected chi connectivity index (χ2v) is 5.58. The first-order chi connectivity index (χ1) is 8.17. The summed E-state index contributed by atoms with van der Waals surface area (Å²) in [4.78, 5) is 0. The highest BCUT2D eigenvalue weighted by molar-refractivity contribution is 7.99. The largest absolute Gasteiger partial charge is 0.326 e. The topological polar surface area (TPSA) is 51.8 Å². The van der Waals surface area contributed by atoms with Gasteiger partial charge in [0, 0.05) is 17.4 Å². The number of nitrogens with two attached hydrogens (primary N) is 1. The molecule has 0 spiro atoms. The molecular weight excluding hydrogens is 230 g/mol. The highest BCUT2D eigenvalue weighted by atomic mass is 32.2. The van der Waals surface area contributed by atoms with Gasteiger partial charge in [-0.05, 0) is 24.8 Å². The van der Waals surface area contributed by atoms with Crippen LogP contribution in [0.25, 0.3) is 0 Å². The first-order valence-corrected chi connectivity index (χ1v) is 7.29. The van der Waals surface area contributed by atoms with Crippen LogP contribution in [0.3, 0.4) is 0 Å². The molecule has 0 aliphatic heterocycles. The van der Waals surface area contributed by atoms with Crippen molar-refractivity contribution in [1.29, 1.82) is 0 Å². The summed E-state index contributed by atoms with van der Waals surface area (Å²) >= 11 is 1.79. The van der Waals surface area contributed by atoms with Gasteiger partial charge >= 0.3 is 0 Å². The van der Waals surface area contributed by atoms with Crippen LogP contribution in [0.1, 0.15) is 50.9 Å². The molecule has 1 aromatic rings. The molecule has 1 atom stereocenters. The number of nitrogens with zero attached hydrogens (tertiary/aromatic N) is 2. The highest BCUT2D eigenvalue weighted by Gasteiger charge is 2.15. The van der Waals surface area contributed by atoms with Crippen LogP contribution < -0.4 is 5.73 Å². The van der Waals surface area contributed by atoms with Crippen LogP contribution in [0.2, 0.25) is 0 Å². The number of aromatic nitrogens is 2. The molecule has 0 fully saturated rings. The van der Waals surface area contributed by atoms with Crippen LogP contribution >= 0.6 is 11.8 Å². The van der Waals surface area contributed by atoms with Crippen molar-refractivity contribution in [2.75, 3.05) is 0 Å². The minimum Gasteiger partial charge on any atom is -0.326 e. The molecule has 0 amide bonds. The summed E-state index contributed by atoms with van der Waals surface area (Å²) < 4.78 is 0. The van der Waals surface area contributed by atoms with E-state index < -0.39 is 0 Å². The van der Waals surface area contributed by atoms with E-state index in [2.05, 4.69) is 37.9 Å².